The minimum atomic E-state index is 0.725. The van der Waals surface area contributed by atoms with Crippen molar-refractivity contribution in [3.63, 3.8) is 0 Å². The minimum absolute atomic E-state index is 0.725. The molecule has 0 saturated carbocycles. The molecule has 0 atom stereocenters. The Bertz CT molecular complexity index is 572. The zero-order chi connectivity index (χ0) is 10.8. The molecule has 0 unspecified atom stereocenters. The summed E-state index contributed by atoms with van der Waals surface area (Å²) >= 11 is 1.63. The van der Waals surface area contributed by atoms with Crippen molar-refractivity contribution >= 4 is 11.3 Å². The predicted octanol–water partition coefficient (Wildman–Crippen LogP) is 3.47. The third-order valence-corrected chi connectivity index (χ3v) is 3.16. The van der Waals surface area contributed by atoms with Crippen molar-refractivity contribution in [1.82, 2.24) is 10.4 Å². The summed E-state index contributed by atoms with van der Waals surface area (Å²) in [5, 5.41) is 9.68. The van der Waals surface area contributed by atoms with Crippen molar-refractivity contribution in [2.45, 2.75) is 0 Å². The van der Waals surface area contributed by atoms with Gasteiger partial charge in [-0.2, -0.15) is 0 Å². The predicted molar refractivity (Wildman–Crippen MR) is 63.0 cm³/mol. The van der Waals surface area contributed by atoms with E-state index in [4.69, 9.17) is 4.52 Å². The van der Waals surface area contributed by atoms with Crippen LogP contribution >= 0.6 is 11.3 Å². The summed E-state index contributed by atoms with van der Waals surface area (Å²) in [7, 11) is 0. The van der Waals surface area contributed by atoms with Crippen LogP contribution in [0, 0.1) is 0 Å². The van der Waals surface area contributed by atoms with Gasteiger partial charge >= 0.3 is 0 Å². The molecule has 0 N–H and O–H groups in total. The van der Waals surface area contributed by atoms with E-state index in [1.165, 1.54) is 0 Å². The first-order chi connectivity index (χ1) is 7.95. The number of benzene rings is 1. The molecule has 0 amide bonds. The molecule has 0 aliphatic rings. The number of aromatic nitrogens is 2. The van der Waals surface area contributed by atoms with Crippen molar-refractivity contribution in [1.29, 1.82) is 0 Å². The highest BCUT2D eigenvalue weighted by atomic mass is 32.1. The van der Waals surface area contributed by atoms with Crippen LogP contribution in [0.5, 0.6) is 0 Å². The van der Waals surface area contributed by atoms with E-state index in [2.05, 4.69) is 10.4 Å². The van der Waals surface area contributed by atoms with Crippen LogP contribution < -0.4 is 0 Å². The lowest BCUT2D eigenvalue weighted by atomic mass is 10.1. The lowest BCUT2D eigenvalue weighted by Gasteiger charge is -1.96. The fourth-order valence-corrected chi connectivity index (χ4v) is 2.25. The van der Waals surface area contributed by atoms with Gasteiger partial charge in [0.25, 0.3) is 0 Å². The highest BCUT2D eigenvalue weighted by Gasteiger charge is 2.14. The number of thiophene rings is 1. The van der Waals surface area contributed by atoms with Crippen LogP contribution in [-0.2, 0) is 0 Å². The van der Waals surface area contributed by atoms with Gasteiger partial charge in [-0.3, -0.25) is 0 Å². The molecule has 3 aromatic rings. The molecule has 3 rings (SSSR count). The number of nitrogens with zero attached hydrogens (tertiary/aromatic N) is 2. The Labute approximate surface area is 96.3 Å². The van der Waals surface area contributed by atoms with E-state index in [0.29, 0.717) is 0 Å². The lowest BCUT2D eigenvalue weighted by Crippen LogP contribution is -1.78. The van der Waals surface area contributed by atoms with Crippen molar-refractivity contribution in [2.75, 3.05) is 0 Å². The monoisotopic (exact) mass is 228 g/mol. The molecule has 0 spiro atoms. The summed E-state index contributed by atoms with van der Waals surface area (Å²) in [5.74, 6) is 0.725. The minimum Gasteiger partial charge on any atom is -0.336 e. The lowest BCUT2D eigenvalue weighted by molar-refractivity contribution is 0.403. The van der Waals surface area contributed by atoms with Gasteiger partial charge in [0.15, 0.2) is 11.5 Å². The van der Waals surface area contributed by atoms with E-state index in [1.54, 1.807) is 11.3 Å². The summed E-state index contributed by atoms with van der Waals surface area (Å²) in [4.78, 5) is 1.07. The molecule has 78 valence electrons. The summed E-state index contributed by atoms with van der Waals surface area (Å²) in [6.07, 6.45) is 0. The van der Waals surface area contributed by atoms with Gasteiger partial charge < -0.3 is 4.52 Å². The fourth-order valence-electron chi connectivity index (χ4n) is 1.54. The van der Waals surface area contributed by atoms with Gasteiger partial charge in [0.1, 0.15) is 0 Å². The molecule has 0 saturated heterocycles. The Hall–Kier alpha value is -1.94. The molecule has 4 heteroatoms. The smallest absolute Gasteiger partial charge is 0.196 e. The Kier molecular flexibility index (Phi) is 2.27. The zero-order valence-electron chi connectivity index (χ0n) is 8.33. The highest BCUT2D eigenvalue weighted by molar-refractivity contribution is 7.13. The Morgan fingerprint density at radius 3 is 2.62 bits per heavy atom. The first kappa shape index (κ1) is 9.30. The Balaban J connectivity index is 2.14. The third kappa shape index (κ3) is 1.53. The average Bonchev–Trinajstić information content (AvgIpc) is 3.01. The maximum Gasteiger partial charge on any atom is 0.196 e. The molecule has 0 aliphatic carbocycles. The summed E-state index contributed by atoms with van der Waals surface area (Å²) in [5.41, 5.74) is 1.80. The van der Waals surface area contributed by atoms with Crippen LogP contribution in [0.3, 0.4) is 0 Å². The van der Waals surface area contributed by atoms with Crippen LogP contribution in [0.15, 0.2) is 52.4 Å². The molecule has 2 heterocycles. The van der Waals surface area contributed by atoms with E-state index in [-0.39, 0.29) is 0 Å². The van der Waals surface area contributed by atoms with E-state index in [0.717, 1.165) is 21.9 Å². The van der Waals surface area contributed by atoms with Gasteiger partial charge in [0.05, 0.1) is 4.88 Å². The second-order valence-electron chi connectivity index (χ2n) is 3.29. The molecule has 16 heavy (non-hydrogen) atoms. The highest BCUT2D eigenvalue weighted by Crippen LogP contribution is 2.32. The van der Waals surface area contributed by atoms with Crippen molar-refractivity contribution in [3.05, 3.63) is 47.8 Å². The van der Waals surface area contributed by atoms with Gasteiger partial charge in [-0.25, -0.2) is 0 Å². The summed E-state index contributed by atoms with van der Waals surface area (Å²) in [6, 6.07) is 13.9. The van der Waals surface area contributed by atoms with Gasteiger partial charge in [0, 0.05) is 10.8 Å². The quantitative estimate of drug-likeness (QED) is 0.674. The standard InChI is InChI=1S/C12H8N2OS/c1-2-5-9(6-3-1)12-11(13-14-15-12)10-7-4-8-16-10/h1-8H. The zero-order valence-corrected chi connectivity index (χ0v) is 9.15. The fraction of sp³-hybridized carbons (Fsp3) is 0. The SMILES string of the molecule is c1ccc(-c2onnc2-c2cccs2)cc1. The maximum atomic E-state index is 5.22. The van der Waals surface area contributed by atoms with Crippen molar-refractivity contribution < 1.29 is 4.52 Å². The number of hydrogen-bond acceptors (Lipinski definition) is 4. The largest absolute Gasteiger partial charge is 0.336 e. The molecular formula is C12H8N2OS. The third-order valence-electron chi connectivity index (χ3n) is 2.28. The molecule has 1 aromatic carbocycles. The Morgan fingerprint density at radius 1 is 1.00 bits per heavy atom. The first-order valence-electron chi connectivity index (χ1n) is 4.87. The van der Waals surface area contributed by atoms with Crippen LogP contribution in [0.25, 0.3) is 21.9 Å². The van der Waals surface area contributed by atoms with E-state index < -0.39 is 0 Å². The number of hydrogen-bond donors (Lipinski definition) is 0. The first-order valence-corrected chi connectivity index (χ1v) is 5.75. The van der Waals surface area contributed by atoms with E-state index >= 15 is 0 Å². The molecule has 0 bridgehead atoms. The second-order valence-corrected chi connectivity index (χ2v) is 4.24. The molecule has 0 fully saturated rings. The summed E-state index contributed by atoms with van der Waals surface area (Å²) in [6.45, 7) is 0. The van der Waals surface area contributed by atoms with Crippen LogP contribution in [0.1, 0.15) is 0 Å². The van der Waals surface area contributed by atoms with E-state index in [9.17, 15) is 0 Å². The average molecular weight is 228 g/mol. The molecular weight excluding hydrogens is 220 g/mol. The van der Waals surface area contributed by atoms with Gasteiger partial charge in [-0.05, 0) is 11.4 Å². The summed E-state index contributed by atoms with van der Waals surface area (Å²) < 4.78 is 5.22. The molecule has 3 nitrogen and oxygen atoms in total. The maximum absolute atomic E-state index is 5.22. The molecule has 0 radical (unpaired) electrons. The number of rotatable bonds is 2. The molecule has 0 aliphatic heterocycles. The van der Waals surface area contributed by atoms with Crippen LogP contribution in [-0.4, -0.2) is 10.4 Å². The normalized spacial score (nSPS) is 10.5. The Morgan fingerprint density at radius 2 is 1.88 bits per heavy atom. The van der Waals surface area contributed by atoms with Crippen molar-refractivity contribution in [3.8, 4) is 21.9 Å². The molecule has 2 aromatic heterocycles. The van der Waals surface area contributed by atoms with E-state index in [1.807, 2.05) is 47.8 Å². The second kappa shape index (κ2) is 3.90. The van der Waals surface area contributed by atoms with Crippen molar-refractivity contribution in [2.24, 2.45) is 0 Å². The van der Waals surface area contributed by atoms with Gasteiger partial charge in [-0.15, -0.1) is 16.4 Å². The van der Waals surface area contributed by atoms with Gasteiger partial charge in [-0.1, -0.05) is 36.4 Å². The van der Waals surface area contributed by atoms with Gasteiger partial charge in [0.2, 0.25) is 0 Å². The van der Waals surface area contributed by atoms with Crippen LogP contribution in [0.2, 0.25) is 0 Å². The van der Waals surface area contributed by atoms with Crippen LogP contribution in [0.4, 0.5) is 0 Å². The topological polar surface area (TPSA) is 38.9 Å².